The first kappa shape index (κ1) is 12.8. The molecule has 1 aromatic rings. The summed E-state index contributed by atoms with van der Waals surface area (Å²) in [6, 6.07) is 9.48. The van der Waals surface area contributed by atoms with E-state index in [2.05, 4.69) is 36.1 Å². The van der Waals surface area contributed by atoms with Crippen molar-refractivity contribution in [2.75, 3.05) is 11.4 Å². The molecule has 0 atom stereocenters. The Morgan fingerprint density at radius 2 is 1.76 bits per heavy atom. The van der Waals surface area contributed by atoms with E-state index in [1.165, 1.54) is 43.4 Å². The molecule has 1 nitrogen and oxygen atoms in total. The largest absolute Gasteiger partial charge is 0.369 e. The molecule has 0 aliphatic heterocycles. The quantitative estimate of drug-likeness (QED) is 0.708. The van der Waals surface area contributed by atoms with Gasteiger partial charge in [0.2, 0.25) is 0 Å². The molecule has 2 rings (SSSR count). The summed E-state index contributed by atoms with van der Waals surface area (Å²) in [5, 5.41) is 0. The van der Waals surface area contributed by atoms with Gasteiger partial charge >= 0.3 is 0 Å². The highest BCUT2D eigenvalue weighted by Crippen LogP contribution is 2.27. The first-order valence-electron chi connectivity index (χ1n) is 6.76. The molecule has 0 unspecified atom stereocenters. The topological polar surface area (TPSA) is 3.24 Å². The Bertz CT molecular complexity index is 327. The van der Waals surface area contributed by atoms with Crippen LogP contribution in [0.2, 0.25) is 0 Å². The Kier molecular flexibility index (Phi) is 4.73. The number of benzene rings is 1. The molecule has 1 aliphatic rings. The number of hydrogen-bond donors (Lipinski definition) is 0. The second kappa shape index (κ2) is 6.30. The van der Waals surface area contributed by atoms with Gasteiger partial charge in [-0.1, -0.05) is 31.4 Å². The van der Waals surface area contributed by atoms with Gasteiger partial charge < -0.3 is 4.90 Å². The summed E-state index contributed by atoms with van der Waals surface area (Å²) in [5.41, 5.74) is 2.56. The Balaban J connectivity index is 2.10. The molecule has 94 valence electrons. The van der Waals surface area contributed by atoms with E-state index in [0.717, 1.165) is 12.6 Å². The van der Waals surface area contributed by atoms with Crippen LogP contribution in [0.25, 0.3) is 0 Å². The summed E-state index contributed by atoms with van der Waals surface area (Å²) in [5.74, 6) is 0.607. The van der Waals surface area contributed by atoms with Crippen LogP contribution in [0.1, 0.15) is 44.6 Å². The van der Waals surface area contributed by atoms with Gasteiger partial charge in [0.05, 0.1) is 0 Å². The van der Waals surface area contributed by atoms with E-state index < -0.39 is 0 Å². The van der Waals surface area contributed by atoms with Gasteiger partial charge in [0.25, 0.3) is 0 Å². The lowest BCUT2D eigenvalue weighted by Gasteiger charge is -2.35. The maximum Gasteiger partial charge on any atom is 0.0474 e. The predicted octanol–water partition coefficient (Wildman–Crippen LogP) is 4.58. The normalized spacial score (nSPS) is 17.1. The van der Waals surface area contributed by atoms with Crippen molar-refractivity contribution in [3.63, 3.8) is 0 Å². The minimum atomic E-state index is 0.607. The van der Waals surface area contributed by atoms with Crippen LogP contribution in [0.4, 0.5) is 5.69 Å². The summed E-state index contributed by atoms with van der Waals surface area (Å²) in [6.45, 7) is 3.36. The number of rotatable bonds is 4. The van der Waals surface area contributed by atoms with E-state index in [1.54, 1.807) is 0 Å². The maximum atomic E-state index is 5.83. The lowest BCUT2D eigenvalue weighted by molar-refractivity contribution is 0.418. The zero-order valence-corrected chi connectivity index (χ0v) is 11.4. The van der Waals surface area contributed by atoms with E-state index in [4.69, 9.17) is 11.6 Å². The lowest BCUT2D eigenvalue weighted by atomic mass is 9.94. The van der Waals surface area contributed by atoms with Crippen molar-refractivity contribution in [2.24, 2.45) is 0 Å². The van der Waals surface area contributed by atoms with Gasteiger partial charge in [0, 0.05) is 24.2 Å². The van der Waals surface area contributed by atoms with Crippen LogP contribution in [0.3, 0.4) is 0 Å². The van der Waals surface area contributed by atoms with E-state index in [1.807, 2.05) is 0 Å². The maximum absolute atomic E-state index is 5.83. The van der Waals surface area contributed by atoms with Crippen LogP contribution in [0, 0.1) is 0 Å². The third-order valence-corrected chi connectivity index (χ3v) is 4.09. The van der Waals surface area contributed by atoms with Gasteiger partial charge in [-0.2, -0.15) is 0 Å². The fraction of sp³-hybridized carbons (Fsp3) is 0.600. The van der Waals surface area contributed by atoms with Gasteiger partial charge in [-0.15, -0.1) is 11.6 Å². The number of nitrogens with zero attached hydrogens (tertiary/aromatic N) is 1. The van der Waals surface area contributed by atoms with Crippen LogP contribution in [-0.4, -0.2) is 12.6 Å². The fourth-order valence-corrected chi connectivity index (χ4v) is 3.00. The average molecular weight is 252 g/mol. The zero-order chi connectivity index (χ0) is 12.1. The number of hydrogen-bond acceptors (Lipinski definition) is 1. The van der Waals surface area contributed by atoms with Crippen LogP contribution in [0.15, 0.2) is 24.3 Å². The van der Waals surface area contributed by atoms with Crippen molar-refractivity contribution >= 4 is 17.3 Å². The monoisotopic (exact) mass is 251 g/mol. The molecule has 0 N–H and O–H groups in total. The van der Waals surface area contributed by atoms with Crippen molar-refractivity contribution in [3.8, 4) is 0 Å². The first-order chi connectivity index (χ1) is 8.35. The van der Waals surface area contributed by atoms with E-state index in [9.17, 15) is 0 Å². The van der Waals surface area contributed by atoms with Gasteiger partial charge in [-0.25, -0.2) is 0 Å². The minimum absolute atomic E-state index is 0.607. The molecule has 2 heteroatoms. The second-order valence-electron chi connectivity index (χ2n) is 4.88. The highest BCUT2D eigenvalue weighted by Gasteiger charge is 2.19. The molecule has 0 radical (unpaired) electrons. The Hall–Kier alpha value is -0.690. The molecule has 0 amide bonds. The first-order valence-corrected chi connectivity index (χ1v) is 7.30. The lowest BCUT2D eigenvalue weighted by Crippen LogP contribution is -2.36. The third kappa shape index (κ3) is 3.16. The average Bonchev–Trinajstić information content (AvgIpc) is 2.42. The highest BCUT2D eigenvalue weighted by atomic mass is 35.5. The number of anilines is 1. The zero-order valence-electron chi connectivity index (χ0n) is 10.7. The van der Waals surface area contributed by atoms with Crippen molar-refractivity contribution in [3.05, 3.63) is 29.8 Å². The molecule has 1 fully saturated rings. The van der Waals surface area contributed by atoms with E-state index in [-0.39, 0.29) is 0 Å². The van der Waals surface area contributed by atoms with E-state index in [0.29, 0.717) is 5.88 Å². The van der Waals surface area contributed by atoms with Gasteiger partial charge in [-0.3, -0.25) is 0 Å². The molecule has 0 spiro atoms. The molecule has 1 aliphatic carbocycles. The number of alkyl halides is 1. The third-order valence-electron chi connectivity index (χ3n) is 3.78. The molecule has 0 bridgehead atoms. The van der Waals surface area contributed by atoms with Crippen LogP contribution < -0.4 is 4.90 Å². The minimum Gasteiger partial charge on any atom is -0.369 e. The highest BCUT2D eigenvalue weighted by molar-refractivity contribution is 6.17. The smallest absolute Gasteiger partial charge is 0.0474 e. The molecular weight excluding hydrogens is 230 g/mol. The molecular formula is C15H22ClN. The molecule has 0 aromatic heterocycles. The molecule has 0 saturated heterocycles. The second-order valence-corrected chi connectivity index (χ2v) is 5.15. The van der Waals surface area contributed by atoms with Crippen LogP contribution in [-0.2, 0) is 5.88 Å². The van der Waals surface area contributed by atoms with Crippen molar-refractivity contribution in [2.45, 2.75) is 50.9 Å². The Morgan fingerprint density at radius 3 is 2.29 bits per heavy atom. The SMILES string of the molecule is CCN(c1ccc(CCl)cc1)C1CCCCC1. The summed E-state index contributed by atoms with van der Waals surface area (Å²) in [7, 11) is 0. The summed E-state index contributed by atoms with van der Waals surface area (Å²) < 4.78 is 0. The predicted molar refractivity (Wildman–Crippen MR) is 75.9 cm³/mol. The summed E-state index contributed by atoms with van der Waals surface area (Å²) in [4.78, 5) is 2.55. The van der Waals surface area contributed by atoms with Gasteiger partial charge in [-0.05, 0) is 37.5 Å². The van der Waals surface area contributed by atoms with Crippen LogP contribution >= 0.6 is 11.6 Å². The molecule has 1 aromatic carbocycles. The summed E-state index contributed by atoms with van der Waals surface area (Å²) >= 11 is 5.83. The Labute approximate surface area is 110 Å². The fourth-order valence-electron chi connectivity index (χ4n) is 2.82. The van der Waals surface area contributed by atoms with Gasteiger partial charge in [0.1, 0.15) is 0 Å². The van der Waals surface area contributed by atoms with E-state index >= 15 is 0 Å². The Morgan fingerprint density at radius 1 is 1.12 bits per heavy atom. The van der Waals surface area contributed by atoms with Crippen molar-refractivity contribution in [1.82, 2.24) is 0 Å². The molecule has 0 heterocycles. The summed E-state index contributed by atoms with van der Waals surface area (Å²) in [6.07, 6.45) is 6.90. The number of halogens is 1. The molecule has 17 heavy (non-hydrogen) atoms. The standard InChI is InChI=1S/C15H22ClN/c1-2-17(14-6-4-3-5-7-14)15-10-8-13(12-16)9-11-15/h8-11,14H,2-7,12H2,1H3. The molecule has 1 saturated carbocycles. The van der Waals surface area contributed by atoms with Crippen molar-refractivity contribution in [1.29, 1.82) is 0 Å². The van der Waals surface area contributed by atoms with Gasteiger partial charge in [0.15, 0.2) is 0 Å². The van der Waals surface area contributed by atoms with Crippen LogP contribution in [0.5, 0.6) is 0 Å². The van der Waals surface area contributed by atoms with Crippen molar-refractivity contribution < 1.29 is 0 Å².